The lowest BCUT2D eigenvalue weighted by molar-refractivity contribution is 0.102. The van der Waals surface area contributed by atoms with Crippen LogP contribution in [0.2, 0.25) is 0 Å². The van der Waals surface area contributed by atoms with Crippen LogP contribution in [0.15, 0.2) is 60.7 Å². The third kappa shape index (κ3) is 4.22. The summed E-state index contributed by atoms with van der Waals surface area (Å²) >= 11 is 0. The van der Waals surface area contributed by atoms with E-state index in [4.69, 9.17) is 5.26 Å². The number of benzene rings is 2. The molecular weight excluding hydrogens is 326 g/mol. The highest BCUT2D eigenvalue weighted by atomic mass is 16.1. The molecule has 0 atom stereocenters. The molecule has 0 spiro atoms. The van der Waals surface area contributed by atoms with Gasteiger partial charge in [0.15, 0.2) is 5.69 Å². The molecular formula is C20H17N5O. The van der Waals surface area contributed by atoms with Gasteiger partial charge in [0.2, 0.25) is 0 Å². The zero-order chi connectivity index (χ0) is 18.4. The molecule has 0 saturated heterocycles. The zero-order valence-electron chi connectivity index (χ0n) is 14.2. The third-order valence-electron chi connectivity index (χ3n) is 3.89. The summed E-state index contributed by atoms with van der Waals surface area (Å²) in [7, 11) is 0. The second kappa shape index (κ2) is 7.90. The molecule has 6 nitrogen and oxygen atoms in total. The van der Waals surface area contributed by atoms with E-state index in [9.17, 15) is 4.79 Å². The molecule has 3 aromatic rings. The Morgan fingerprint density at radius 1 is 1.04 bits per heavy atom. The van der Waals surface area contributed by atoms with Gasteiger partial charge >= 0.3 is 0 Å². The smallest absolute Gasteiger partial charge is 0.276 e. The minimum absolute atomic E-state index is 0.218. The third-order valence-corrected chi connectivity index (χ3v) is 3.89. The number of anilines is 2. The van der Waals surface area contributed by atoms with Crippen molar-refractivity contribution in [1.82, 2.24) is 10.2 Å². The van der Waals surface area contributed by atoms with Crippen molar-refractivity contribution in [3.8, 4) is 6.07 Å². The van der Waals surface area contributed by atoms with Crippen LogP contribution in [-0.2, 0) is 6.54 Å². The number of amides is 1. The van der Waals surface area contributed by atoms with Gasteiger partial charge < -0.3 is 10.6 Å². The fraction of sp³-hybridized carbons (Fsp3) is 0.100. The number of nitriles is 1. The average molecular weight is 343 g/mol. The van der Waals surface area contributed by atoms with Gasteiger partial charge in [-0.25, -0.2) is 0 Å². The topological polar surface area (TPSA) is 90.7 Å². The molecule has 1 aromatic heterocycles. The molecule has 1 heterocycles. The molecule has 2 N–H and O–H groups in total. The fourth-order valence-electron chi connectivity index (χ4n) is 2.37. The number of aryl methyl sites for hydroxylation is 1. The van der Waals surface area contributed by atoms with Gasteiger partial charge in [0, 0.05) is 12.2 Å². The van der Waals surface area contributed by atoms with Crippen molar-refractivity contribution in [2.24, 2.45) is 0 Å². The number of nitrogens with one attached hydrogen (secondary N) is 2. The second-order valence-corrected chi connectivity index (χ2v) is 5.73. The molecule has 0 fully saturated rings. The first-order valence-corrected chi connectivity index (χ1v) is 8.09. The minimum Gasteiger partial charge on any atom is -0.364 e. The van der Waals surface area contributed by atoms with Crippen LogP contribution in [0.4, 0.5) is 11.5 Å². The lowest BCUT2D eigenvalue weighted by atomic mass is 10.1. The van der Waals surface area contributed by atoms with Gasteiger partial charge in [-0.05, 0) is 54.4 Å². The maximum atomic E-state index is 12.2. The number of rotatable bonds is 5. The van der Waals surface area contributed by atoms with Gasteiger partial charge in [-0.2, -0.15) is 5.26 Å². The number of hydrogen-bond donors (Lipinski definition) is 2. The van der Waals surface area contributed by atoms with Gasteiger partial charge in [-0.15, -0.1) is 10.2 Å². The number of carbonyl (C=O) groups excluding carboxylic acids is 1. The van der Waals surface area contributed by atoms with E-state index >= 15 is 0 Å². The van der Waals surface area contributed by atoms with Crippen LogP contribution in [0.5, 0.6) is 0 Å². The maximum absolute atomic E-state index is 12.2. The van der Waals surface area contributed by atoms with Crippen LogP contribution in [0.3, 0.4) is 0 Å². The summed E-state index contributed by atoms with van der Waals surface area (Å²) in [4.78, 5) is 12.2. The standard InChI is InChI=1S/C20H17N5O/c1-14-4-2-3-5-16(14)13-22-19-11-10-18(24-25-19)20(26)23-17-8-6-15(12-21)7-9-17/h2-11H,13H2,1H3,(H,22,25)(H,23,26). The van der Waals surface area contributed by atoms with Gasteiger partial charge in [-0.3, -0.25) is 4.79 Å². The minimum atomic E-state index is -0.354. The first-order valence-electron chi connectivity index (χ1n) is 8.09. The number of nitrogens with zero attached hydrogens (tertiary/aromatic N) is 3. The Bertz CT molecular complexity index is 943. The molecule has 0 unspecified atom stereocenters. The molecule has 128 valence electrons. The predicted molar refractivity (Wildman–Crippen MR) is 99.6 cm³/mol. The summed E-state index contributed by atoms with van der Waals surface area (Å²) in [5.41, 5.74) is 3.73. The van der Waals surface area contributed by atoms with Gasteiger partial charge in [0.25, 0.3) is 5.91 Å². The van der Waals surface area contributed by atoms with E-state index < -0.39 is 0 Å². The van der Waals surface area contributed by atoms with Crippen molar-refractivity contribution in [3.63, 3.8) is 0 Å². The first-order chi connectivity index (χ1) is 12.7. The van der Waals surface area contributed by atoms with E-state index in [-0.39, 0.29) is 11.6 Å². The Morgan fingerprint density at radius 2 is 1.81 bits per heavy atom. The van der Waals surface area contributed by atoms with Crippen molar-refractivity contribution in [2.75, 3.05) is 10.6 Å². The molecule has 0 bridgehead atoms. The van der Waals surface area contributed by atoms with Crippen LogP contribution in [-0.4, -0.2) is 16.1 Å². The predicted octanol–water partition coefficient (Wildman–Crippen LogP) is 3.52. The van der Waals surface area contributed by atoms with Crippen molar-refractivity contribution < 1.29 is 4.79 Å². The Kier molecular flexibility index (Phi) is 5.20. The zero-order valence-corrected chi connectivity index (χ0v) is 14.2. The Balaban J connectivity index is 1.60. The largest absolute Gasteiger partial charge is 0.364 e. The van der Waals surface area contributed by atoms with Crippen molar-refractivity contribution in [1.29, 1.82) is 5.26 Å². The number of carbonyl (C=O) groups is 1. The molecule has 26 heavy (non-hydrogen) atoms. The quantitative estimate of drug-likeness (QED) is 0.739. The molecule has 3 rings (SSSR count). The summed E-state index contributed by atoms with van der Waals surface area (Å²) in [5, 5.41) is 22.7. The van der Waals surface area contributed by atoms with E-state index in [1.165, 1.54) is 11.1 Å². The van der Waals surface area contributed by atoms with E-state index in [1.54, 1.807) is 36.4 Å². The maximum Gasteiger partial charge on any atom is 0.276 e. The van der Waals surface area contributed by atoms with Crippen molar-refractivity contribution >= 4 is 17.4 Å². The molecule has 0 aliphatic carbocycles. The lowest BCUT2D eigenvalue weighted by Crippen LogP contribution is -2.15. The lowest BCUT2D eigenvalue weighted by Gasteiger charge is -2.08. The molecule has 0 aliphatic heterocycles. The van der Waals surface area contributed by atoms with Crippen LogP contribution in [0.25, 0.3) is 0 Å². The summed E-state index contributed by atoms with van der Waals surface area (Å²) in [6, 6.07) is 20.1. The van der Waals surface area contributed by atoms with Crippen LogP contribution in [0, 0.1) is 18.3 Å². The Hall–Kier alpha value is -3.72. The molecule has 6 heteroatoms. The van der Waals surface area contributed by atoms with Crippen LogP contribution >= 0.6 is 0 Å². The second-order valence-electron chi connectivity index (χ2n) is 5.73. The van der Waals surface area contributed by atoms with E-state index in [1.807, 2.05) is 18.2 Å². The highest BCUT2D eigenvalue weighted by molar-refractivity contribution is 6.02. The summed E-state index contributed by atoms with van der Waals surface area (Å²) in [6.45, 7) is 2.69. The summed E-state index contributed by atoms with van der Waals surface area (Å²) in [5.74, 6) is 0.246. The van der Waals surface area contributed by atoms with Crippen molar-refractivity contribution in [3.05, 3.63) is 83.0 Å². The van der Waals surface area contributed by atoms with Crippen molar-refractivity contribution in [2.45, 2.75) is 13.5 Å². The monoisotopic (exact) mass is 343 g/mol. The summed E-state index contributed by atoms with van der Waals surface area (Å²) < 4.78 is 0. The normalized spacial score (nSPS) is 10.0. The van der Waals surface area contributed by atoms with Gasteiger partial charge in [0.1, 0.15) is 5.82 Å². The summed E-state index contributed by atoms with van der Waals surface area (Å²) in [6.07, 6.45) is 0. The van der Waals surface area contributed by atoms with Crippen LogP contribution in [0.1, 0.15) is 27.2 Å². The Morgan fingerprint density at radius 3 is 2.46 bits per heavy atom. The van der Waals surface area contributed by atoms with E-state index in [0.717, 1.165) is 0 Å². The van der Waals surface area contributed by atoms with Gasteiger partial charge in [-0.1, -0.05) is 24.3 Å². The SMILES string of the molecule is Cc1ccccc1CNc1ccc(C(=O)Nc2ccc(C#N)cc2)nn1. The average Bonchev–Trinajstić information content (AvgIpc) is 2.68. The molecule has 0 saturated carbocycles. The molecule has 1 amide bonds. The number of hydrogen-bond acceptors (Lipinski definition) is 5. The molecule has 0 radical (unpaired) electrons. The first kappa shape index (κ1) is 17.1. The van der Waals surface area contributed by atoms with Crippen LogP contribution < -0.4 is 10.6 Å². The number of aromatic nitrogens is 2. The highest BCUT2D eigenvalue weighted by Crippen LogP contribution is 2.12. The fourth-order valence-corrected chi connectivity index (χ4v) is 2.37. The molecule has 2 aromatic carbocycles. The Labute approximate surface area is 151 Å². The molecule has 0 aliphatic rings. The van der Waals surface area contributed by atoms with E-state index in [0.29, 0.717) is 23.6 Å². The van der Waals surface area contributed by atoms with E-state index in [2.05, 4.69) is 39.9 Å². The van der Waals surface area contributed by atoms with Gasteiger partial charge in [0.05, 0.1) is 11.6 Å². The highest BCUT2D eigenvalue weighted by Gasteiger charge is 2.09.